The molecule has 1 saturated heterocycles. The minimum Gasteiger partial charge on any atom is -0.507 e. The molecule has 2 heterocycles. The highest BCUT2D eigenvalue weighted by atomic mass is 32.1. The van der Waals surface area contributed by atoms with Crippen LogP contribution in [0.15, 0.2) is 66.2 Å². The quantitative estimate of drug-likeness (QED) is 0.156. The number of rotatable bonds is 8. The minimum atomic E-state index is -0.998. The van der Waals surface area contributed by atoms with Gasteiger partial charge in [-0.2, -0.15) is 0 Å². The summed E-state index contributed by atoms with van der Waals surface area (Å²) in [7, 11) is 0. The molecular weight excluding hydrogens is 516 g/mol. The number of aryl methyl sites for hydroxylation is 1. The van der Waals surface area contributed by atoms with Crippen LogP contribution in [0.3, 0.4) is 0 Å². The number of anilines is 1. The van der Waals surface area contributed by atoms with Crippen molar-refractivity contribution in [2.45, 2.75) is 33.2 Å². The molecule has 0 saturated carbocycles. The largest absolute Gasteiger partial charge is 0.507 e. The molecule has 2 N–H and O–H groups in total. The maximum atomic E-state index is 13.5. The van der Waals surface area contributed by atoms with E-state index in [0.29, 0.717) is 40.7 Å². The summed E-state index contributed by atoms with van der Waals surface area (Å²) in [6.07, 6.45) is 0.854. The number of thiazole rings is 1. The van der Waals surface area contributed by atoms with E-state index in [0.717, 1.165) is 16.7 Å². The van der Waals surface area contributed by atoms with E-state index in [2.05, 4.69) is 4.98 Å². The van der Waals surface area contributed by atoms with E-state index in [1.54, 1.807) is 43.3 Å². The van der Waals surface area contributed by atoms with E-state index in [1.807, 2.05) is 32.0 Å². The van der Waals surface area contributed by atoms with Crippen molar-refractivity contribution in [1.29, 1.82) is 0 Å². The van der Waals surface area contributed by atoms with Crippen molar-refractivity contribution in [3.8, 4) is 17.2 Å². The Morgan fingerprint density at radius 2 is 1.79 bits per heavy atom. The molecule has 0 bridgehead atoms. The Hall–Kier alpha value is -4.37. The Kier molecular flexibility index (Phi) is 7.26. The number of hydrogen-bond donors (Lipinski definition) is 2. The molecule has 200 valence electrons. The Balaban J connectivity index is 1.67. The summed E-state index contributed by atoms with van der Waals surface area (Å²) in [4.78, 5) is 33.0. The summed E-state index contributed by atoms with van der Waals surface area (Å²) in [6.45, 7) is 6.62. The topological polar surface area (TPSA) is 109 Å². The van der Waals surface area contributed by atoms with E-state index in [4.69, 9.17) is 9.47 Å². The molecule has 1 aliphatic heterocycles. The lowest BCUT2D eigenvalue weighted by atomic mass is 9.95. The lowest BCUT2D eigenvalue weighted by Gasteiger charge is -2.23. The van der Waals surface area contributed by atoms with Crippen molar-refractivity contribution in [1.82, 2.24) is 4.98 Å². The van der Waals surface area contributed by atoms with Crippen LogP contribution in [-0.2, 0) is 9.59 Å². The highest BCUT2D eigenvalue weighted by Crippen LogP contribution is 2.45. The molecule has 1 atom stereocenters. The molecule has 1 aromatic heterocycles. The molecule has 0 radical (unpaired) electrons. The van der Waals surface area contributed by atoms with Gasteiger partial charge in [0.25, 0.3) is 5.78 Å². The van der Waals surface area contributed by atoms with E-state index in [-0.39, 0.29) is 22.8 Å². The number of amides is 1. The summed E-state index contributed by atoms with van der Waals surface area (Å²) < 4.78 is 12.1. The third-order valence-corrected chi connectivity index (χ3v) is 7.40. The van der Waals surface area contributed by atoms with Crippen molar-refractivity contribution in [2.75, 3.05) is 18.1 Å². The average molecular weight is 545 g/mol. The fourth-order valence-corrected chi connectivity index (χ4v) is 5.61. The second-order valence-corrected chi connectivity index (χ2v) is 10.2. The van der Waals surface area contributed by atoms with Crippen molar-refractivity contribution < 1.29 is 29.3 Å². The van der Waals surface area contributed by atoms with Gasteiger partial charge in [0.15, 0.2) is 16.6 Å². The van der Waals surface area contributed by atoms with Crippen LogP contribution in [0.25, 0.3) is 16.0 Å². The first-order valence-corrected chi connectivity index (χ1v) is 13.5. The van der Waals surface area contributed by atoms with E-state index < -0.39 is 17.7 Å². The van der Waals surface area contributed by atoms with Crippen molar-refractivity contribution >= 4 is 44.1 Å². The molecule has 1 unspecified atom stereocenters. The summed E-state index contributed by atoms with van der Waals surface area (Å²) in [5, 5.41) is 22.0. The summed E-state index contributed by atoms with van der Waals surface area (Å²) in [5.74, 6) is -1.17. The number of benzene rings is 3. The Morgan fingerprint density at radius 3 is 2.51 bits per heavy atom. The monoisotopic (exact) mass is 544 g/mol. The van der Waals surface area contributed by atoms with Gasteiger partial charge in [-0.25, -0.2) is 4.98 Å². The second-order valence-electron chi connectivity index (χ2n) is 9.17. The predicted molar refractivity (Wildman–Crippen MR) is 151 cm³/mol. The van der Waals surface area contributed by atoms with Crippen molar-refractivity contribution in [3.05, 3.63) is 82.9 Å². The molecular formula is C30H28N2O6S. The van der Waals surface area contributed by atoms with Crippen LogP contribution in [0.1, 0.15) is 43.0 Å². The molecule has 9 heteroatoms. The third-order valence-electron chi connectivity index (χ3n) is 6.38. The lowest BCUT2D eigenvalue weighted by molar-refractivity contribution is -0.132. The maximum absolute atomic E-state index is 13.5. The van der Waals surface area contributed by atoms with Crippen molar-refractivity contribution in [2.24, 2.45) is 0 Å². The molecule has 0 spiro atoms. The van der Waals surface area contributed by atoms with Gasteiger partial charge < -0.3 is 19.7 Å². The van der Waals surface area contributed by atoms with E-state index >= 15 is 0 Å². The van der Waals surface area contributed by atoms with E-state index in [1.165, 1.54) is 22.3 Å². The Labute approximate surface area is 229 Å². The number of carbonyl (C=O) groups is 2. The third kappa shape index (κ3) is 4.93. The predicted octanol–water partition coefficient (Wildman–Crippen LogP) is 6.12. The number of ketones is 1. The van der Waals surface area contributed by atoms with Gasteiger partial charge in [0.05, 0.1) is 35.0 Å². The first-order valence-electron chi connectivity index (χ1n) is 12.7. The number of aliphatic hydroxyl groups is 1. The molecule has 3 aromatic carbocycles. The smallest absolute Gasteiger partial charge is 0.301 e. The minimum absolute atomic E-state index is 0.0734. The zero-order valence-corrected chi connectivity index (χ0v) is 22.6. The van der Waals surface area contributed by atoms with Gasteiger partial charge in [0, 0.05) is 5.56 Å². The number of carbonyl (C=O) groups excluding carboxylic acids is 2. The van der Waals surface area contributed by atoms with E-state index in [9.17, 15) is 19.8 Å². The van der Waals surface area contributed by atoms with Crippen LogP contribution in [0.2, 0.25) is 0 Å². The molecule has 1 fully saturated rings. The fourth-order valence-electron chi connectivity index (χ4n) is 4.52. The number of hydrogen-bond acceptors (Lipinski definition) is 8. The van der Waals surface area contributed by atoms with Crippen LogP contribution in [0.5, 0.6) is 17.2 Å². The molecule has 39 heavy (non-hydrogen) atoms. The molecule has 4 aromatic rings. The van der Waals surface area contributed by atoms with Crippen LogP contribution in [-0.4, -0.2) is 40.1 Å². The van der Waals surface area contributed by atoms with Crippen LogP contribution in [0, 0.1) is 6.92 Å². The summed E-state index contributed by atoms with van der Waals surface area (Å²) >= 11 is 1.29. The number of phenols is 1. The molecule has 8 nitrogen and oxygen atoms in total. The van der Waals surface area contributed by atoms with Gasteiger partial charge >= 0.3 is 5.91 Å². The molecule has 5 rings (SSSR count). The summed E-state index contributed by atoms with van der Waals surface area (Å²) in [6, 6.07) is 16.1. The first-order chi connectivity index (χ1) is 18.8. The number of Topliss-reactive ketones (excluding diaryl/α,β-unsaturated/α-hetero) is 1. The van der Waals surface area contributed by atoms with Crippen LogP contribution in [0.4, 0.5) is 5.13 Å². The Bertz CT molecular complexity index is 1590. The van der Waals surface area contributed by atoms with Crippen LogP contribution < -0.4 is 14.4 Å². The highest BCUT2D eigenvalue weighted by molar-refractivity contribution is 7.22. The Morgan fingerprint density at radius 1 is 1.03 bits per heavy atom. The van der Waals surface area contributed by atoms with Gasteiger partial charge in [0.1, 0.15) is 11.5 Å². The normalized spacial score (nSPS) is 16.7. The fraction of sp³-hybridized carbons (Fsp3) is 0.233. The number of aliphatic hydroxyl groups excluding tert-OH is 1. The van der Waals surface area contributed by atoms with Gasteiger partial charge in [-0.3, -0.25) is 14.5 Å². The van der Waals surface area contributed by atoms with Crippen molar-refractivity contribution in [3.63, 3.8) is 0 Å². The maximum Gasteiger partial charge on any atom is 0.301 e. The number of fused-ring (bicyclic) bond motifs is 1. The zero-order valence-electron chi connectivity index (χ0n) is 21.8. The van der Waals surface area contributed by atoms with Gasteiger partial charge in [-0.05, 0) is 79.9 Å². The molecule has 1 aliphatic rings. The average Bonchev–Trinajstić information content (AvgIpc) is 3.46. The zero-order chi connectivity index (χ0) is 27.7. The SMILES string of the molecule is CCCOc1ccc(C(O)=C2C(=O)C(=O)N(c3nc4ccc(C)cc4s3)C2c2ccc(O)c(OCC)c2)cc1. The second kappa shape index (κ2) is 10.8. The molecule has 0 aliphatic carbocycles. The number of nitrogens with zero attached hydrogens (tertiary/aromatic N) is 2. The standard InChI is InChI=1S/C30H28N2O6S/c1-4-14-38-20-10-7-18(8-11-20)27(34)25-26(19-9-13-22(33)23(16-19)37-5-2)32(29(36)28(25)35)30-31-21-12-6-17(3)15-24(21)39-30/h6-13,15-16,26,33-34H,4-5,14H2,1-3H3. The van der Waals surface area contributed by atoms with Gasteiger partial charge in [-0.1, -0.05) is 30.4 Å². The number of aromatic hydroxyl groups is 1. The number of aromatic nitrogens is 1. The molecule has 1 amide bonds. The number of phenolic OH excluding ortho intramolecular Hbond substituents is 1. The number of ether oxygens (including phenoxy) is 2. The van der Waals surface area contributed by atoms with Crippen LogP contribution >= 0.6 is 11.3 Å². The highest BCUT2D eigenvalue weighted by Gasteiger charge is 2.48. The summed E-state index contributed by atoms with van der Waals surface area (Å²) in [5.41, 5.74) is 2.51. The van der Waals surface area contributed by atoms with Gasteiger partial charge in [0.2, 0.25) is 0 Å². The first kappa shape index (κ1) is 26.2. The van der Waals surface area contributed by atoms with Gasteiger partial charge in [-0.15, -0.1) is 0 Å². The lowest BCUT2D eigenvalue weighted by Crippen LogP contribution is -2.29.